The van der Waals surface area contributed by atoms with Gasteiger partial charge < -0.3 is 4.90 Å². The predicted octanol–water partition coefficient (Wildman–Crippen LogP) is 3.64. The lowest BCUT2D eigenvalue weighted by Gasteiger charge is -2.18. The zero-order chi connectivity index (χ0) is 20.9. The second-order valence-corrected chi connectivity index (χ2v) is 9.84. The molecule has 0 bridgehead atoms. The molecule has 0 aliphatic carbocycles. The Labute approximate surface area is 177 Å². The molecule has 1 aliphatic rings. The summed E-state index contributed by atoms with van der Waals surface area (Å²) in [6, 6.07) is 11.0. The number of hydrogen-bond donors (Lipinski definition) is 0. The fourth-order valence-corrected chi connectivity index (χ4v) is 5.52. The van der Waals surface area contributed by atoms with Crippen molar-refractivity contribution >= 4 is 27.7 Å². The SMILES string of the molecule is CCN(CC)S(=O)(=O)c1ccc(SCc2ccc(C(=O)N3CCCC3)cc2)nc1. The number of amides is 1. The van der Waals surface area contributed by atoms with Crippen molar-refractivity contribution in [3.8, 4) is 0 Å². The van der Waals surface area contributed by atoms with Gasteiger partial charge in [0, 0.05) is 43.7 Å². The number of aromatic nitrogens is 1. The molecule has 8 heteroatoms. The molecule has 0 spiro atoms. The summed E-state index contributed by atoms with van der Waals surface area (Å²) in [5.74, 6) is 0.807. The third kappa shape index (κ3) is 5.18. The van der Waals surface area contributed by atoms with Crippen molar-refractivity contribution in [1.82, 2.24) is 14.2 Å². The molecule has 1 aromatic heterocycles. The summed E-state index contributed by atoms with van der Waals surface area (Å²) in [7, 11) is -3.48. The lowest BCUT2D eigenvalue weighted by atomic mass is 10.1. The number of sulfonamides is 1. The number of benzene rings is 1. The normalized spacial score (nSPS) is 14.5. The Bertz CT molecular complexity index is 919. The van der Waals surface area contributed by atoms with E-state index in [1.54, 1.807) is 12.1 Å². The van der Waals surface area contributed by atoms with E-state index in [1.807, 2.05) is 43.0 Å². The minimum absolute atomic E-state index is 0.105. The molecule has 1 aromatic carbocycles. The van der Waals surface area contributed by atoms with Crippen molar-refractivity contribution in [3.63, 3.8) is 0 Å². The van der Waals surface area contributed by atoms with Crippen LogP contribution in [0.1, 0.15) is 42.6 Å². The smallest absolute Gasteiger partial charge is 0.253 e. The van der Waals surface area contributed by atoms with E-state index < -0.39 is 10.0 Å². The standard InChI is InChI=1S/C21H27N3O3S2/c1-3-24(4-2)29(26,27)19-11-12-20(22-15-19)28-16-17-7-9-18(10-8-17)21(25)23-13-5-6-14-23/h7-12,15H,3-6,13-14,16H2,1-2H3. The Morgan fingerprint density at radius 3 is 2.28 bits per heavy atom. The first kappa shape index (κ1) is 21.8. The molecule has 2 aromatic rings. The van der Waals surface area contributed by atoms with Crippen molar-refractivity contribution in [2.45, 2.75) is 42.4 Å². The molecule has 156 valence electrons. The maximum Gasteiger partial charge on any atom is 0.253 e. The highest BCUT2D eigenvalue weighted by atomic mass is 32.2. The summed E-state index contributed by atoms with van der Waals surface area (Å²) in [6.45, 7) is 6.22. The van der Waals surface area contributed by atoms with Crippen LogP contribution in [0.2, 0.25) is 0 Å². The zero-order valence-corrected chi connectivity index (χ0v) is 18.5. The molecule has 0 saturated carbocycles. The van der Waals surface area contributed by atoms with E-state index in [-0.39, 0.29) is 10.8 Å². The van der Waals surface area contributed by atoms with Gasteiger partial charge in [-0.2, -0.15) is 4.31 Å². The molecule has 1 aliphatic heterocycles. The summed E-state index contributed by atoms with van der Waals surface area (Å²) in [4.78, 5) is 18.8. The van der Waals surface area contributed by atoms with Crippen molar-refractivity contribution < 1.29 is 13.2 Å². The molecule has 2 heterocycles. The predicted molar refractivity (Wildman–Crippen MR) is 115 cm³/mol. The Morgan fingerprint density at radius 1 is 1.07 bits per heavy atom. The van der Waals surface area contributed by atoms with Crippen molar-refractivity contribution in [2.24, 2.45) is 0 Å². The Kier molecular flexibility index (Phi) is 7.32. The number of pyridine rings is 1. The number of carbonyl (C=O) groups excluding carboxylic acids is 1. The van der Waals surface area contributed by atoms with E-state index in [2.05, 4.69) is 4.98 Å². The minimum Gasteiger partial charge on any atom is -0.339 e. The first-order chi connectivity index (χ1) is 14.0. The van der Waals surface area contributed by atoms with Crippen LogP contribution in [0.3, 0.4) is 0 Å². The quantitative estimate of drug-likeness (QED) is 0.595. The minimum atomic E-state index is -3.48. The molecule has 6 nitrogen and oxygen atoms in total. The number of hydrogen-bond acceptors (Lipinski definition) is 5. The Balaban J connectivity index is 1.59. The second kappa shape index (κ2) is 9.73. The molecular weight excluding hydrogens is 406 g/mol. The maximum absolute atomic E-state index is 12.5. The number of rotatable bonds is 8. The number of nitrogens with zero attached hydrogens (tertiary/aromatic N) is 3. The number of carbonyl (C=O) groups is 1. The number of likely N-dealkylation sites (tertiary alicyclic amines) is 1. The van der Waals surface area contributed by atoms with Gasteiger partial charge in [-0.1, -0.05) is 26.0 Å². The van der Waals surface area contributed by atoms with E-state index in [9.17, 15) is 13.2 Å². The summed E-state index contributed by atoms with van der Waals surface area (Å²) < 4.78 is 26.4. The molecule has 1 saturated heterocycles. The van der Waals surface area contributed by atoms with Gasteiger partial charge in [-0.3, -0.25) is 4.79 Å². The van der Waals surface area contributed by atoms with Gasteiger partial charge in [0.05, 0.1) is 5.03 Å². The number of thioether (sulfide) groups is 1. The van der Waals surface area contributed by atoms with Gasteiger partial charge in [-0.05, 0) is 42.7 Å². The molecule has 0 N–H and O–H groups in total. The zero-order valence-electron chi connectivity index (χ0n) is 16.9. The van der Waals surface area contributed by atoms with Crippen LogP contribution in [0.4, 0.5) is 0 Å². The molecule has 0 radical (unpaired) electrons. The van der Waals surface area contributed by atoms with E-state index in [0.29, 0.717) is 18.8 Å². The van der Waals surface area contributed by atoms with Gasteiger partial charge in [0.25, 0.3) is 5.91 Å². The fraction of sp³-hybridized carbons (Fsp3) is 0.429. The van der Waals surface area contributed by atoms with Crippen molar-refractivity contribution in [1.29, 1.82) is 0 Å². The molecule has 1 fully saturated rings. The van der Waals surface area contributed by atoms with Crippen LogP contribution < -0.4 is 0 Å². The molecule has 1 amide bonds. The summed E-state index contributed by atoms with van der Waals surface area (Å²) in [6.07, 6.45) is 3.60. The van der Waals surface area contributed by atoms with Crippen LogP contribution in [-0.2, 0) is 15.8 Å². The van der Waals surface area contributed by atoms with Gasteiger partial charge >= 0.3 is 0 Å². The largest absolute Gasteiger partial charge is 0.339 e. The third-order valence-electron chi connectivity index (χ3n) is 5.03. The highest BCUT2D eigenvalue weighted by Crippen LogP contribution is 2.23. The van der Waals surface area contributed by atoms with Gasteiger partial charge in [0.15, 0.2) is 0 Å². The lowest BCUT2D eigenvalue weighted by Crippen LogP contribution is -2.30. The molecule has 0 atom stereocenters. The molecule has 29 heavy (non-hydrogen) atoms. The monoisotopic (exact) mass is 433 g/mol. The average molecular weight is 434 g/mol. The highest BCUT2D eigenvalue weighted by Gasteiger charge is 2.22. The lowest BCUT2D eigenvalue weighted by molar-refractivity contribution is 0.0793. The van der Waals surface area contributed by atoms with E-state index >= 15 is 0 Å². The topological polar surface area (TPSA) is 70.6 Å². The van der Waals surface area contributed by atoms with Crippen LogP contribution >= 0.6 is 11.8 Å². The van der Waals surface area contributed by atoms with Crippen LogP contribution in [0, 0.1) is 0 Å². The van der Waals surface area contributed by atoms with Crippen LogP contribution in [0.5, 0.6) is 0 Å². The van der Waals surface area contributed by atoms with E-state index in [1.165, 1.54) is 22.3 Å². The maximum atomic E-state index is 12.5. The highest BCUT2D eigenvalue weighted by molar-refractivity contribution is 7.98. The molecule has 0 unspecified atom stereocenters. The van der Waals surface area contributed by atoms with Crippen molar-refractivity contribution in [2.75, 3.05) is 26.2 Å². The first-order valence-corrected chi connectivity index (χ1v) is 12.4. The van der Waals surface area contributed by atoms with Gasteiger partial charge in [-0.25, -0.2) is 13.4 Å². The van der Waals surface area contributed by atoms with Gasteiger partial charge in [-0.15, -0.1) is 11.8 Å². The van der Waals surface area contributed by atoms with Crippen LogP contribution in [0.15, 0.2) is 52.5 Å². The molecular formula is C21H27N3O3S2. The average Bonchev–Trinajstić information content (AvgIpc) is 3.28. The van der Waals surface area contributed by atoms with Crippen molar-refractivity contribution in [3.05, 3.63) is 53.7 Å². The first-order valence-electron chi connectivity index (χ1n) is 9.93. The van der Waals surface area contributed by atoms with E-state index in [4.69, 9.17) is 0 Å². The van der Waals surface area contributed by atoms with Crippen LogP contribution in [-0.4, -0.2) is 54.7 Å². The Morgan fingerprint density at radius 2 is 1.72 bits per heavy atom. The molecule has 3 rings (SSSR count). The van der Waals surface area contributed by atoms with E-state index in [0.717, 1.165) is 42.1 Å². The summed E-state index contributed by atoms with van der Waals surface area (Å²) in [5, 5.41) is 0.765. The van der Waals surface area contributed by atoms with Crippen LogP contribution in [0.25, 0.3) is 0 Å². The van der Waals surface area contributed by atoms with Gasteiger partial charge in [0.2, 0.25) is 10.0 Å². The summed E-state index contributed by atoms with van der Waals surface area (Å²) >= 11 is 1.54. The fourth-order valence-electron chi connectivity index (χ4n) is 3.32. The van der Waals surface area contributed by atoms with Gasteiger partial charge in [0.1, 0.15) is 4.90 Å². The summed E-state index contributed by atoms with van der Waals surface area (Å²) in [5.41, 5.74) is 1.82. The second-order valence-electron chi connectivity index (χ2n) is 6.91. The Hall–Kier alpha value is -1.90. The third-order valence-corrected chi connectivity index (χ3v) is 8.08.